The lowest BCUT2D eigenvalue weighted by Gasteiger charge is -2.28. The summed E-state index contributed by atoms with van der Waals surface area (Å²) >= 11 is 5.28. The first-order valence-electron chi connectivity index (χ1n) is 3.22. The minimum Gasteiger partial charge on any atom is -0.381 e. The molecule has 0 unspecified atom stereocenters. The molecule has 0 saturated carbocycles. The van der Waals surface area contributed by atoms with E-state index in [9.17, 15) is 4.79 Å². The molecule has 2 radical (unpaired) electrons. The van der Waals surface area contributed by atoms with E-state index in [1.54, 1.807) is 0 Å². The Morgan fingerprint density at radius 1 is 1.50 bits per heavy atom. The Bertz CT molecular complexity index is 139. The molecule has 1 aliphatic rings. The Balaban J connectivity index is 2.56. The fraction of sp³-hybridized carbons (Fsp3) is 0.714. The number of hydrogen-bond acceptors (Lipinski definition) is 2. The molecule has 0 N–H and O–H groups in total. The molecule has 1 heterocycles. The summed E-state index contributed by atoms with van der Waals surface area (Å²) in [5, 5.41) is -0.448. The minimum absolute atomic E-state index is 0.448. The molecule has 0 bridgehead atoms. The average Bonchev–Trinajstić information content (AvgIpc) is 1.89. The molecule has 0 aromatic heterocycles. The van der Waals surface area contributed by atoms with Gasteiger partial charge in [0.25, 0.3) is 0 Å². The number of carbonyl (C=O) groups excluding carboxylic acids is 1. The second-order valence-corrected chi connectivity index (χ2v) is 2.89. The summed E-state index contributed by atoms with van der Waals surface area (Å²) in [6, 6.07) is 0. The molecule has 10 heavy (non-hydrogen) atoms. The summed E-state index contributed by atoms with van der Waals surface area (Å²) in [6.45, 7) is 6.71. The third kappa shape index (κ3) is 1.50. The van der Waals surface area contributed by atoms with Crippen molar-refractivity contribution >= 4 is 16.8 Å². The van der Waals surface area contributed by atoms with Gasteiger partial charge in [-0.2, -0.15) is 0 Å². The maximum Gasteiger partial charge on any atom is 0.228 e. The topological polar surface area (TPSA) is 26.3 Å². The molecule has 0 aliphatic carbocycles. The molecular formula is C7H9ClO2. The Morgan fingerprint density at radius 3 is 2.30 bits per heavy atom. The summed E-state index contributed by atoms with van der Waals surface area (Å²) in [5.41, 5.74) is -0.820. The summed E-state index contributed by atoms with van der Waals surface area (Å²) in [6.07, 6.45) is 1.07. The molecular weight excluding hydrogens is 152 g/mol. The minimum atomic E-state index is -0.820. The number of rotatable bonds is 1. The number of carbonyl (C=O) groups is 1. The Hall–Kier alpha value is -0.0800. The standard InChI is InChI=1S/C7H9ClO2/c1-7(6(8)9)2-4-10-5-3-7/h1H,2-5H2. The Labute approximate surface area is 65.5 Å². The van der Waals surface area contributed by atoms with Crippen molar-refractivity contribution in [2.75, 3.05) is 13.2 Å². The van der Waals surface area contributed by atoms with Crippen molar-refractivity contribution in [1.29, 1.82) is 0 Å². The van der Waals surface area contributed by atoms with Crippen LogP contribution in [0.15, 0.2) is 0 Å². The maximum atomic E-state index is 10.7. The number of hydrogen-bond donors (Lipinski definition) is 0. The van der Waals surface area contributed by atoms with E-state index >= 15 is 0 Å². The SMILES string of the molecule is [CH]C1(C(=O)Cl)CCOCC1. The van der Waals surface area contributed by atoms with Gasteiger partial charge in [-0.3, -0.25) is 4.79 Å². The summed E-state index contributed by atoms with van der Waals surface area (Å²) < 4.78 is 5.02. The van der Waals surface area contributed by atoms with Crippen LogP contribution in [0.3, 0.4) is 0 Å². The van der Waals surface area contributed by atoms with Crippen molar-refractivity contribution in [2.24, 2.45) is 5.41 Å². The van der Waals surface area contributed by atoms with Gasteiger partial charge in [0.15, 0.2) is 0 Å². The van der Waals surface area contributed by atoms with E-state index in [2.05, 4.69) is 0 Å². The van der Waals surface area contributed by atoms with Crippen LogP contribution in [0.25, 0.3) is 0 Å². The van der Waals surface area contributed by atoms with E-state index in [-0.39, 0.29) is 0 Å². The largest absolute Gasteiger partial charge is 0.381 e. The van der Waals surface area contributed by atoms with Crippen molar-refractivity contribution in [3.8, 4) is 0 Å². The van der Waals surface area contributed by atoms with Crippen molar-refractivity contribution < 1.29 is 9.53 Å². The normalized spacial score (nSPS) is 24.2. The van der Waals surface area contributed by atoms with E-state index in [1.165, 1.54) is 0 Å². The highest BCUT2D eigenvalue weighted by molar-refractivity contribution is 6.64. The smallest absolute Gasteiger partial charge is 0.228 e. The molecule has 2 nitrogen and oxygen atoms in total. The van der Waals surface area contributed by atoms with Crippen molar-refractivity contribution in [1.82, 2.24) is 0 Å². The lowest BCUT2D eigenvalue weighted by molar-refractivity contribution is -0.122. The van der Waals surface area contributed by atoms with Crippen LogP contribution in [-0.2, 0) is 9.53 Å². The molecule has 1 rings (SSSR count). The van der Waals surface area contributed by atoms with Gasteiger partial charge in [-0.1, -0.05) is 0 Å². The fourth-order valence-corrected chi connectivity index (χ4v) is 1.12. The molecule has 0 spiro atoms. The van der Waals surface area contributed by atoms with Crippen molar-refractivity contribution in [3.05, 3.63) is 6.92 Å². The highest BCUT2D eigenvalue weighted by Crippen LogP contribution is 2.31. The summed E-state index contributed by atoms with van der Waals surface area (Å²) in [5.74, 6) is 0. The lowest BCUT2D eigenvalue weighted by Crippen LogP contribution is -2.31. The van der Waals surface area contributed by atoms with E-state index in [4.69, 9.17) is 23.3 Å². The number of ether oxygens (including phenoxy) is 1. The molecule has 1 saturated heterocycles. The Kier molecular flexibility index (Phi) is 2.32. The zero-order valence-electron chi connectivity index (χ0n) is 5.60. The average molecular weight is 161 g/mol. The predicted molar refractivity (Wildman–Crippen MR) is 37.6 cm³/mol. The van der Waals surface area contributed by atoms with Crippen molar-refractivity contribution in [3.63, 3.8) is 0 Å². The zero-order chi connectivity index (χ0) is 7.61. The first-order chi connectivity index (χ1) is 4.65. The Morgan fingerprint density at radius 2 is 2.00 bits per heavy atom. The molecule has 3 heteroatoms. The van der Waals surface area contributed by atoms with Gasteiger partial charge >= 0.3 is 0 Å². The van der Waals surface area contributed by atoms with E-state index in [1.807, 2.05) is 0 Å². The molecule has 56 valence electrons. The van der Waals surface area contributed by atoms with Crippen LogP contribution in [-0.4, -0.2) is 18.5 Å². The van der Waals surface area contributed by atoms with E-state index in [0.717, 1.165) is 0 Å². The molecule has 0 aromatic carbocycles. The van der Waals surface area contributed by atoms with Crippen LogP contribution >= 0.6 is 11.6 Å². The maximum absolute atomic E-state index is 10.7. The second-order valence-electron chi connectivity index (χ2n) is 2.54. The predicted octanol–water partition coefficient (Wildman–Crippen LogP) is 1.26. The lowest BCUT2D eigenvalue weighted by atomic mass is 9.84. The number of halogens is 1. The van der Waals surface area contributed by atoms with Crippen LogP contribution < -0.4 is 0 Å². The highest BCUT2D eigenvalue weighted by Gasteiger charge is 2.33. The highest BCUT2D eigenvalue weighted by atomic mass is 35.5. The molecule has 0 aromatic rings. The van der Waals surface area contributed by atoms with Gasteiger partial charge in [0.05, 0.1) is 5.41 Å². The summed E-state index contributed by atoms with van der Waals surface area (Å²) in [4.78, 5) is 10.7. The van der Waals surface area contributed by atoms with Crippen LogP contribution in [0.1, 0.15) is 12.8 Å². The quantitative estimate of drug-likeness (QED) is 0.540. The van der Waals surface area contributed by atoms with Gasteiger partial charge in [0, 0.05) is 13.2 Å². The van der Waals surface area contributed by atoms with Gasteiger partial charge in [-0.25, -0.2) is 0 Å². The first kappa shape index (κ1) is 8.02. The van der Waals surface area contributed by atoms with Crippen LogP contribution in [0.5, 0.6) is 0 Å². The van der Waals surface area contributed by atoms with Gasteiger partial charge in [-0.05, 0) is 31.4 Å². The fourth-order valence-electron chi connectivity index (χ4n) is 0.932. The van der Waals surface area contributed by atoms with Gasteiger partial charge in [-0.15, -0.1) is 0 Å². The second kappa shape index (κ2) is 2.89. The van der Waals surface area contributed by atoms with E-state index in [0.29, 0.717) is 26.1 Å². The van der Waals surface area contributed by atoms with E-state index < -0.39 is 10.7 Å². The molecule has 0 atom stereocenters. The van der Waals surface area contributed by atoms with Gasteiger partial charge in [0.2, 0.25) is 5.24 Å². The third-order valence-electron chi connectivity index (χ3n) is 1.78. The monoisotopic (exact) mass is 160 g/mol. The van der Waals surface area contributed by atoms with Crippen LogP contribution in [0.4, 0.5) is 0 Å². The first-order valence-corrected chi connectivity index (χ1v) is 3.59. The van der Waals surface area contributed by atoms with Crippen LogP contribution in [0, 0.1) is 12.3 Å². The zero-order valence-corrected chi connectivity index (χ0v) is 6.36. The molecule has 1 aliphatic heterocycles. The molecule has 0 amide bonds. The molecule has 1 fully saturated rings. The third-order valence-corrected chi connectivity index (χ3v) is 2.15. The van der Waals surface area contributed by atoms with Gasteiger partial charge in [0.1, 0.15) is 0 Å². The summed E-state index contributed by atoms with van der Waals surface area (Å²) in [7, 11) is 0. The van der Waals surface area contributed by atoms with Crippen LogP contribution in [0.2, 0.25) is 0 Å². The van der Waals surface area contributed by atoms with Gasteiger partial charge < -0.3 is 4.74 Å². The van der Waals surface area contributed by atoms with Crippen molar-refractivity contribution in [2.45, 2.75) is 12.8 Å².